The summed E-state index contributed by atoms with van der Waals surface area (Å²) in [5.41, 5.74) is -1.13. The van der Waals surface area contributed by atoms with E-state index in [9.17, 15) is 19.2 Å². The van der Waals surface area contributed by atoms with Gasteiger partial charge in [-0.15, -0.1) is 6.58 Å². The van der Waals surface area contributed by atoms with Gasteiger partial charge in [-0.1, -0.05) is 77.1 Å². The van der Waals surface area contributed by atoms with Gasteiger partial charge in [-0.2, -0.15) is 0 Å². The number of esters is 1. The molecule has 0 heterocycles. The molecule has 1 N–H and O–H groups in total. The fourth-order valence-corrected chi connectivity index (χ4v) is 4.80. The molecule has 240 valence electrons. The Morgan fingerprint density at radius 3 is 1.98 bits per heavy atom. The second-order valence-electron chi connectivity index (χ2n) is 13.5. The summed E-state index contributed by atoms with van der Waals surface area (Å²) in [6.07, 6.45) is 3.08. The zero-order chi connectivity index (χ0) is 33.3. The third-order valence-electron chi connectivity index (χ3n) is 7.21. The lowest BCUT2D eigenvalue weighted by Crippen LogP contribution is -2.63. The Morgan fingerprint density at radius 1 is 0.953 bits per heavy atom. The van der Waals surface area contributed by atoms with Crippen LogP contribution in [-0.4, -0.2) is 78.1 Å². The number of benzene rings is 1. The van der Waals surface area contributed by atoms with Crippen molar-refractivity contribution in [1.82, 2.24) is 15.1 Å². The van der Waals surface area contributed by atoms with Gasteiger partial charge in [-0.3, -0.25) is 14.5 Å². The van der Waals surface area contributed by atoms with E-state index in [0.29, 0.717) is 12.0 Å². The van der Waals surface area contributed by atoms with Crippen molar-refractivity contribution >= 4 is 23.9 Å². The smallest absolute Gasteiger partial charge is 0.410 e. The summed E-state index contributed by atoms with van der Waals surface area (Å²) in [6, 6.07) is 6.95. The lowest BCUT2D eigenvalue weighted by atomic mass is 9.76. The number of amides is 3. The molecule has 1 rings (SSSR count). The van der Waals surface area contributed by atoms with Crippen LogP contribution in [0.25, 0.3) is 0 Å². The average Bonchev–Trinajstić information content (AvgIpc) is 2.89. The maximum atomic E-state index is 14.3. The number of ether oxygens (including phenoxy) is 2. The lowest BCUT2D eigenvalue weighted by molar-refractivity contribution is -0.141. The summed E-state index contributed by atoms with van der Waals surface area (Å²) in [7, 11) is 3.17. The highest BCUT2D eigenvalue weighted by atomic mass is 16.6. The molecular weight excluding hydrogens is 546 g/mol. The predicted octanol–water partition coefficient (Wildman–Crippen LogP) is 5.64. The first-order valence-electron chi connectivity index (χ1n) is 14.7. The highest BCUT2D eigenvalue weighted by molar-refractivity contribution is 5.93. The van der Waals surface area contributed by atoms with E-state index >= 15 is 0 Å². The molecule has 0 aliphatic carbocycles. The van der Waals surface area contributed by atoms with Gasteiger partial charge in [-0.05, 0) is 52.0 Å². The van der Waals surface area contributed by atoms with Crippen molar-refractivity contribution in [2.24, 2.45) is 5.41 Å². The van der Waals surface area contributed by atoms with Crippen molar-refractivity contribution in [2.45, 2.75) is 105 Å². The molecule has 0 saturated heterocycles. The van der Waals surface area contributed by atoms with Crippen LogP contribution in [0.5, 0.6) is 0 Å². The molecule has 2 unspecified atom stereocenters. The lowest BCUT2D eigenvalue weighted by Gasteiger charge is -2.42. The van der Waals surface area contributed by atoms with Crippen LogP contribution >= 0.6 is 0 Å². The third kappa shape index (κ3) is 10.6. The van der Waals surface area contributed by atoms with Crippen LogP contribution in [0.15, 0.2) is 54.6 Å². The molecular formula is C34H53N3O6. The highest BCUT2D eigenvalue weighted by Gasteiger charge is 2.45. The standard InChI is InChI=1S/C34H53N3O6/c1-14-19-25(22-23(3)30(40)42-15-2)36(12)29(39)26(32(4,5)6)35-28(38)27(37(13)31(41)43-33(7,8)9)34(10,11)24-20-17-16-18-21-24/h14,16-18,20-22,25-27H,1,15,19H2,2-13H3,(H,35,38)/t25-,26?,27?/m0/s1. The first kappa shape index (κ1) is 37.4. The zero-order valence-electron chi connectivity index (χ0n) is 28.2. The fourth-order valence-electron chi connectivity index (χ4n) is 4.80. The Hall–Kier alpha value is -3.62. The summed E-state index contributed by atoms with van der Waals surface area (Å²) in [5, 5.41) is 2.99. The predicted molar refractivity (Wildman–Crippen MR) is 170 cm³/mol. The van der Waals surface area contributed by atoms with Gasteiger partial charge in [0.25, 0.3) is 0 Å². The molecule has 1 aromatic rings. The third-order valence-corrected chi connectivity index (χ3v) is 7.21. The van der Waals surface area contributed by atoms with E-state index in [2.05, 4.69) is 11.9 Å². The number of carbonyl (C=O) groups is 4. The maximum Gasteiger partial charge on any atom is 0.410 e. The Kier molecular flexibility index (Phi) is 13.2. The molecule has 0 spiro atoms. The number of nitrogens with one attached hydrogen (secondary N) is 1. The van der Waals surface area contributed by atoms with E-state index in [4.69, 9.17) is 9.47 Å². The van der Waals surface area contributed by atoms with E-state index in [-0.39, 0.29) is 12.5 Å². The largest absolute Gasteiger partial charge is 0.463 e. The van der Waals surface area contributed by atoms with Crippen molar-refractivity contribution < 1.29 is 28.7 Å². The van der Waals surface area contributed by atoms with Crippen LogP contribution in [0.2, 0.25) is 0 Å². The van der Waals surface area contributed by atoms with E-state index in [1.165, 1.54) is 16.8 Å². The molecule has 0 bridgehead atoms. The molecule has 0 fully saturated rings. The molecule has 3 amide bonds. The first-order valence-corrected chi connectivity index (χ1v) is 14.7. The molecule has 3 atom stereocenters. The monoisotopic (exact) mass is 599 g/mol. The molecule has 9 nitrogen and oxygen atoms in total. The van der Waals surface area contributed by atoms with Gasteiger partial charge in [-0.25, -0.2) is 9.59 Å². The van der Waals surface area contributed by atoms with E-state index in [1.54, 1.807) is 53.8 Å². The van der Waals surface area contributed by atoms with Crippen molar-refractivity contribution in [1.29, 1.82) is 0 Å². The quantitative estimate of drug-likeness (QED) is 0.189. The van der Waals surface area contributed by atoms with Crippen LogP contribution in [0, 0.1) is 5.41 Å². The molecule has 1 aromatic carbocycles. The topological polar surface area (TPSA) is 105 Å². The Balaban J connectivity index is 3.56. The first-order chi connectivity index (χ1) is 19.7. The number of nitrogens with zero attached hydrogens (tertiary/aromatic N) is 2. The second-order valence-corrected chi connectivity index (χ2v) is 13.5. The van der Waals surface area contributed by atoms with Crippen LogP contribution in [0.4, 0.5) is 4.79 Å². The SMILES string of the molecule is C=CC[C@@H](C=C(C)C(=O)OCC)N(C)C(=O)C(NC(=O)C(N(C)C(=O)OC(C)(C)C)C(C)(C)c1ccccc1)C(C)(C)C. The Labute approximate surface area is 258 Å². The minimum absolute atomic E-state index is 0.237. The minimum atomic E-state index is -1.03. The van der Waals surface area contributed by atoms with E-state index in [0.717, 1.165) is 5.56 Å². The molecule has 9 heteroatoms. The van der Waals surface area contributed by atoms with E-state index < -0.39 is 52.5 Å². The van der Waals surface area contributed by atoms with Crippen molar-refractivity contribution in [3.05, 3.63) is 60.2 Å². The molecule has 0 saturated carbocycles. The Bertz CT molecular complexity index is 1160. The summed E-state index contributed by atoms with van der Waals surface area (Å²) < 4.78 is 10.7. The molecule has 43 heavy (non-hydrogen) atoms. The second kappa shape index (κ2) is 15.2. The number of rotatable bonds is 12. The molecule has 0 aromatic heterocycles. The van der Waals surface area contributed by atoms with Crippen molar-refractivity contribution in [3.8, 4) is 0 Å². The summed E-state index contributed by atoms with van der Waals surface area (Å²) in [4.78, 5) is 56.7. The van der Waals surface area contributed by atoms with Gasteiger partial charge in [0.05, 0.1) is 12.6 Å². The van der Waals surface area contributed by atoms with Crippen LogP contribution in [-0.2, 0) is 29.3 Å². The van der Waals surface area contributed by atoms with E-state index in [1.807, 2.05) is 65.0 Å². The number of likely N-dealkylation sites (N-methyl/N-ethyl adjacent to an activating group) is 2. The van der Waals surface area contributed by atoms with Crippen molar-refractivity contribution in [2.75, 3.05) is 20.7 Å². The van der Waals surface area contributed by atoms with Crippen LogP contribution in [0.3, 0.4) is 0 Å². The maximum absolute atomic E-state index is 14.3. The fraction of sp³-hybridized carbons (Fsp3) is 0.588. The number of hydrogen-bond acceptors (Lipinski definition) is 6. The summed E-state index contributed by atoms with van der Waals surface area (Å²) in [5.74, 6) is -1.31. The Morgan fingerprint density at radius 2 is 1.51 bits per heavy atom. The molecule has 0 aliphatic rings. The number of carbonyl (C=O) groups excluding carboxylic acids is 4. The van der Waals surface area contributed by atoms with Gasteiger partial charge in [0, 0.05) is 25.1 Å². The minimum Gasteiger partial charge on any atom is -0.463 e. The summed E-state index contributed by atoms with van der Waals surface area (Å²) >= 11 is 0. The van der Waals surface area contributed by atoms with Gasteiger partial charge in [0.1, 0.15) is 17.7 Å². The van der Waals surface area contributed by atoms with Gasteiger partial charge in [0.15, 0.2) is 0 Å². The van der Waals surface area contributed by atoms with Crippen molar-refractivity contribution in [3.63, 3.8) is 0 Å². The molecule has 0 aliphatic heterocycles. The average molecular weight is 600 g/mol. The zero-order valence-corrected chi connectivity index (χ0v) is 28.2. The van der Waals surface area contributed by atoms with Gasteiger partial charge >= 0.3 is 12.1 Å². The van der Waals surface area contributed by atoms with Gasteiger partial charge in [0.2, 0.25) is 11.8 Å². The molecule has 0 radical (unpaired) electrons. The van der Waals surface area contributed by atoms with Crippen LogP contribution in [0.1, 0.15) is 81.2 Å². The van der Waals surface area contributed by atoms with Gasteiger partial charge < -0.3 is 19.7 Å². The summed E-state index contributed by atoms with van der Waals surface area (Å²) in [6.45, 7) is 22.1. The van der Waals surface area contributed by atoms with Crippen LogP contribution < -0.4 is 5.32 Å². The number of hydrogen-bond donors (Lipinski definition) is 1. The highest BCUT2D eigenvalue weighted by Crippen LogP contribution is 2.32. The normalized spacial score (nSPS) is 14.6.